The number of nitrogens with one attached hydrogen (secondary N) is 2. The highest BCUT2D eigenvalue weighted by Crippen LogP contribution is 2.21. The van der Waals surface area contributed by atoms with Crippen LogP contribution in [0.15, 0.2) is 48.5 Å². The topological polar surface area (TPSA) is 50.4 Å². The maximum absolute atomic E-state index is 11.7. The second-order valence-electron chi connectivity index (χ2n) is 4.82. The molecule has 2 amide bonds. The van der Waals surface area contributed by atoms with Crippen molar-refractivity contribution in [1.29, 1.82) is 0 Å². The van der Waals surface area contributed by atoms with E-state index in [1.807, 2.05) is 62.4 Å². The first kappa shape index (κ1) is 14.9. The third kappa shape index (κ3) is 4.53. The lowest BCUT2D eigenvalue weighted by atomic mass is 10.1. The standard InChI is InChI=1S/C17H20N2O2/c1-13-7-6-8-14(2)16(13)21-12-11-18-17(20)19-15-9-4-3-5-10-15/h3-10H,11-12H2,1-2H3,(H2,18,19,20). The van der Waals surface area contributed by atoms with E-state index in [0.29, 0.717) is 13.2 Å². The largest absolute Gasteiger partial charge is 0.491 e. The van der Waals surface area contributed by atoms with Crippen molar-refractivity contribution >= 4 is 11.7 Å². The summed E-state index contributed by atoms with van der Waals surface area (Å²) in [5.41, 5.74) is 2.97. The van der Waals surface area contributed by atoms with Crippen molar-refractivity contribution < 1.29 is 9.53 Å². The molecule has 0 bridgehead atoms. The van der Waals surface area contributed by atoms with Gasteiger partial charge in [0.05, 0.1) is 6.54 Å². The number of carbonyl (C=O) groups is 1. The van der Waals surface area contributed by atoms with E-state index in [-0.39, 0.29) is 6.03 Å². The van der Waals surface area contributed by atoms with Crippen LogP contribution < -0.4 is 15.4 Å². The Morgan fingerprint density at radius 3 is 2.33 bits per heavy atom. The molecule has 4 heteroatoms. The Morgan fingerprint density at radius 1 is 1.00 bits per heavy atom. The van der Waals surface area contributed by atoms with Gasteiger partial charge < -0.3 is 15.4 Å². The van der Waals surface area contributed by atoms with Gasteiger partial charge in [-0.1, -0.05) is 36.4 Å². The van der Waals surface area contributed by atoms with E-state index in [2.05, 4.69) is 10.6 Å². The molecule has 4 nitrogen and oxygen atoms in total. The summed E-state index contributed by atoms with van der Waals surface area (Å²) in [4.78, 5) is 11.7. The SMILES string of the molecule is Cc1cccc(C)c1OCCNC(=O)Nc1ccccc1. The maximum atomic E-state index is 11.7. The molecular weight excluding hydrogens is 264 g/mol. The number of para-hydroxylation sites is 2. The Kier molecular flexibility index (Phi) is 5.21. The molecule has 2 rings (SSSR count). The van der Waals surface area contributed by atoms with Crippen LogP contribution in [0.2, 0.25) is 0 Å². The molecule has 21 heavy (non-hydrogen) atoms. The predicted molar refractivity (Wildman–Crippen MR) is 84.9 cm³/mol. The third-order valence-corrected chi connectivity index (χ3v) is 3.07. The van der Waals surface area contributed by atoms with Gasteiger partial charge in [-0.15, -0.1) is 0 Å². The monoisotopic (exact) mass is 284 g/mol. The number of rotatable bonds is 5. The minimum absolute atomic E-state index is 0.230. The smallest absolute Gasteiger partial charge is 0.319 e. The molecule has 2 aromatic carbocycles. The Bertz CT molecular complexity index is 577. The van der Waals surface area contributed by atoms with Crippen LogP contribution in [0.3, 0.4) is 0 Å². The molecule has 0 aliphatic heterocycles. The molecule has 0 aromatic heterocycles. The number of anilines is 1. The minimum Gasteiger partial charge on any atom is -0.491 e. The third-order valence-electron chi connectivity index (χ3n) is 3.07. The average Bonchev–Trinajstić information content (AvgIpc) is 2.47. The molecule has 0 atom stereocenters. The van der Waals surface area contributed by atoms with Crippen LogP contribution in [0.4, 0.5) is 10.5 Å². The summed E-state index contributed by atoms with van der Waals surface area (Å²) >= 11 is 0. The molecule has 2 N–H and O–H groups in total. The Balaban J connectivity index is 1.74. The zero-order valence-electron chi connectivity index (χ0n) is 12.3. The van der Waals surface area contributed by atoms with Crippen LogP contribution in [-0.2, 0) is 0 Å². The summed E-state index contributed by atoms with van der Waals surface area (Å²) in [5, 5.41) is 5.52. The van der Waals surface area contributed by atoms with Crippen molar-refractivity contribution in [2.45, 2.75) is 13.8 Å². The summed E-state index contributed by atoms with van der Waals surface area (Å²) in [6.45, 7) is 4.91. The van der Waals surface area contributed by atoms with Crippen molar-refractivity contribution in [2.24, 2.45) is 0 Å². The Morgan fingerprint density at radius 2 is 1.67 bits per heavy atom. The van der Waals surface area contributed by atoms with Crippen LogP contribution in [0.5, 0.6) is 5.75 Å². The van der Waals surface area contributed by atoms with Crippen LogP contribution in [0, 0.1) is 13.8 Å². The van der Waals surface area contributed by atoms with Gasteiger partial charge in [-0.2, -0.15) is 0 Å². The number of benzene rings is 2. The first-order chi connectivity index (χ1) is 10.2. The second-order valence-corrected chi connectivity index (χ2v) is 4.82. The van der Waals surface area contributed by atoms with Crippen LogP contribution in [-0.4, -0.2) is 19.2 Å². The van der Waals surface area contributed by atoms with E-state index in [4.69, 9.17) is 4.74 Å². The molecule has 0 saturated carbocycles. The highest BCUT2D eigenvalue weighted by atomic mass is 16.5. The van der Waals surface area contributed by atoms with Gasteiger partial charge in [0.15, 0.2) is 0 Å². The van der Waals surface area contributed by atoms with E-state index in [9.17, 15) is 4.79 Å². The number of urea groups is 1. The highest BCUT2D eigenvalue weighted by molar-refractivity contribution is 5.89. The summed E-state index contributed by atoms with van der Waals surface area (Å²) < 4.78 is 5.73. The molecule has 0 aliphatic carbocycles. The zero-order valence-corrected chi connectivity index (χ0v) is 12.3. The molecule has 110 valence electrons. The Hall–Kier alpha value is -2.49. The van der Waals surface area contributed by atoms with E-state index < -0.39 is 0 Å². The van der Waals surface area contributed by atoms with Gasteiger partial charge >= 0.3 is 6.03 Å². The molecule has 0 aliphatic rings. The number of amides is 2. The van der Waals surface area contributed by atoms with Gasteiger partial charge in [0.1, 0.15) is 12.4 Å². The number of carbonyl (C=O) groups excluding carboxylic acids is 1. The number of hydrogen-bond donors (Lipinski definition) is 2. The first-order valence-corrected chi connectivity index (χ1v) is 6.96. The molecule has 0 heterocycles. The fourth-order valence-corrected chi connectivity index (χ4v) is 2.04. The summed E-state index contributed by atoms with van der Waals surface area (Å²) in [7, 11) is 0. The molecule has 0 fully saturated rings. The molecule has 0 saturated heterocycles. The van der Waals surface area contributed by atoms with Gasteiger partial charge in [0.25, 0.3) is 0 Å². The lowest BCUT2D eigenvalue weighted by Gasteiger charge is -2.12. The van der Waals surface area contributed by atoms with Gasteiger partial charge in [-0.3, -0.25) is 0 Å². The van der Waals surface area contributed by atoms with Gasteiger partial charge in [0.2, 0.25) is 0 Å². The van der Waals surface area contributed by atoms with E-state index in [1.54, 1.807) is 0 Å². The van der Waals surface area contributed by atoms with Crippen molar-refractivity contribution in [3.63, 3.8) is 0 Å². The number of ether oxygens (including phenoxy) is 1. The molecule has 0 radical (unpaired) electrons. The fraction of sp³-hybridized carbons (Fsp3) is 0.235. The van der Waals surface area contributed by atoms with Crippen molar-refractivity contribution in [3.8, 4) is 5.75 Å². The first-order valence-electron chi connectivity index (χ1n) is 6.96. The average molecular weight is 284 g/mol. The van der Waals surface area contributed by atoms with E-state index in [0.717, 1.165) is 22.6 Å². The lowest BCUT2D eigenvalue weighted by Crippen LogP contribution is -2.32. The minimum atomic E-state index is -0.230. The zero-order chi connectivity index (χ0) is 15.1. The Labute approximate surface area is 125 Å². The fourth-order valence-electron chi connectivity index (χ4n) is 2.04. The van der Waals surface area contributed by atoms with Crippen molar-refractivity contribution in [1.82, 2.24) is 5.32 Å². The molecular formula is C17H20N2O2. The summed E-state index contributed by atoms with van der Waals surface area (Å²) in [6.07, 6.45) is 0. The van der Waals surface area contributed by atoms with Crippen LogP contribution in [0.1, 0.15) is 11.1 Å². The van der Waals surface area contributed by atoms with Crippen LogP contribution in [0.25, 0.3) is 0 Å². The van der Waals surface area contributed by atoms with E-state index >= 15 is 0 Å². The van der Waals surface area contributed by atoms with Gasteiger partial charge in [0, 0.05) is 5.69 Å². The number of hydrogen-bond acceptors (Lipinski definition) is 2. The second kappa shape index (κ2) is 7.33. The predicted octanol–water partition coefficient (Wildman–Crippen LogP) is 3.50. The maximum Gasteiger partial charge on any atom is 0.319 e. The number of aryl methyl sites for hydroxylation is 2. The van der Waals surface area contributed by atoms with Gasteiger partial charge in [-0.25, -0.2) is 4.79 Å². The molecule has 2 aromatic rings. The van der Waals surface area contributed by atoms with Crippen molar-refractivity contribution in [2.75, 3.05) is 18.5 Å². The lowest BCUT2D eigenvalue weighted by molar-refractivity contribution is 0.247. The molecule has 0 unspecified atom stereocenters. The van der Waals surface area contributed by atoms with Crippen LogP contribution >= 0.6 is 0 Å². The van der Waals surface area contributed by atoms with Crippen molar-refractivity contribution in [3.05, 3.63) is 59.7 Å². The normalized spacial score (nSPS) is 10.0. The highest BCUT2D eigenvalue weighted by Gasteiger charge is 2.04. The molecule has 0 spiro atoms. The summed E-state index contributed by atoms with van der Waals surface area (Å²) in [6, 6.07) is 15.1. The van der Waals surface area contributed by atoms with E-state index in [1.165, 1.54) is 0 Å². The quantitative estimate of drug-likeness (QED) is 0.826. The summed E-state index contributed by atoms with van der Waals surface area (Å²) in [5.74, 6) is 0.891. The van der Waals surface area contributed by atoms with Gasteiger partial charge in [-0.05, 0) is 37.1 Å².